The number of aryl methyl sites for hydroxylation is 1. The maximum absolute atomic E-state index is 12.8. The predicted molar refractivity (Wildman–Crippen MR) is 130 cm³/mol. The number of methoxy groups -OCH3 is 2. The number of anilines is 2. The minimum atomic E-state index is 0.0477. The number of carbonyl (C=O) groups is 1. The van der Waals surface area contributed by atoms with Crippen molar-refractivity contribution in [2.45, 2.75) is 31.7 Å². The Morgan fingerprint density at radius 3 is 2.62 bits per heavy atom. The van der Waals surface area contributed by atoms with E-state index >= 15 is 0 Å². The monoisotopic (exact) mass is 472 g/mol. The van der Waals surface area contributed by atoms with Gasteiger partial charge in [0.05, 0.1) is 20.0 Å². The summed E-state index contributed by atoms with van der Waals surface area (Å²) in [6.07, 6.45) is 0. The third kappa shape index (κ3) is 5.92. The van der Waals surface area contributed by atoms with Crippen molar-refractivity contribution in [3.63, 3.8) is 0 Å². The summed E-state index contributed by atoms with van der Waals surface area (Å²) in [6.45, 7) is 7.25. The average molecular weight is 473 g/mol. The molecule has 1 amide bonds. The molecule has 1 N–H and O–H groups in total. The normalized spacial score (nSPS) is 10.7. The second kappa shape index (κ2) is 11.2. The number of ether oxygens (including phenoxy) is 2. The van der Waals surface area contributed by atoms with Gasteiger partial charge in [-0.25, -0.2) is 0 Å². The lowest BCUT2D eigenvalue weighted by Gasteiger charge is -2.21. The van der Waals surface area contributed by atoms with Gasteiger partial charge in [0.15, 0.2) is 15.8 Å². The van der Waals surface area contributed by atoms with Crippen LogP contribution in [0.3, 0.4) is 0 Å². The van der Waals surface area contributed by atoms with Crippen molar-refractivity contribution in [3.05, 3.63) is 53.1 Å². The fourth-order valence-electron chi connectivity index (χ4n) is 3.11. The maximum Gasteiger partial charge on any atom is 0.233 e. The molecule has 2 aromatic carbocycles. The van der Waals surface area contributed by atoms with E-state index in [1.165, 1.54) is 34.2 Å². The lowest BCUT2D eigenvalue weighted by atomic mass is 10.1. The average Bonchev–Trinajstić information content (AvgIpc) is 3.26. The van der Waals surface area contributed by atoms with E-state index in [1.807, 2.05) is 42.2 Å². The standard InChI is InChI=1S/C23H28N4O3S2/c1-6-27(13-17-10-11-19(29-4)20(12-17)30-5)21(28)14-31-23-26-25-22(32-23)24-18-9-7-8-15(2)16(18)3/h7-12H,6,13-14H2,1-5H3,(H,24,25). The number of thioether (sulfide) groups is 1. The van der Waals surface area contributed by atoms with Gasteiger partial charge in [-0.15, -0.1) is 10.2 Å². The molecule has 1 heterocycles. The zero-order valence-corrected chi connectivity index (χ0v) is 20.6. The molecule has 3 rings (SSSR count). The molecule has 32 heavy (non-hydrogen) atoms. The van der Waals surface area contributed by atoms with Crippen LogP contribution < -0.4 is 14.8 Å². The molecule has 0 bridgehead atoms. The minimum absolute atomic E-state index is 0.0477. The first-order chi connectivity index (χ1) is 15.4. The molecule has 0 fully saturated rings. The summed E-state index contributed by atoms with van der Waals surface area (Å²) in [7, 11) is 3.21. The molecule has 0 atom stereocenters. The first-order valence-corrected chi connectivity index (χ1v) is 12.0. The second-order valence-electron chi connectivity index (χ2n) is 7.13. The van der Waals surface area contributed by atoms with E-state index < -0.39 is 0 Å². The van der Waals surface area contributed by atoms with Crippen molar-refractivity contribution in [2.24, 2.45) is 0 Å². The highest BCUT2D eigenvalue weighted by atomic mass is 32.2. The topological polar surface area (TPSA) is 76.6 Å². The Kier molecular flexibility index (Phi) is 8.35. The van der Waals surface area contributed by atoms with E-state index in [0.29, 0.717) is 35.5 Å². The fraction of sp³-hybridized carbons (Fsp3) is 0.348. The van der Waals surface area contributed by atoms with Crippen molar-refractivity contribution in [1.82, 2.24) is 15.1 Å². The van der Waals surface area contributed by atoms with Gasteiger partial charge in [-0.1, -0.05) is 41.3 Å². The maximum atomic E-state index is 12.8. The van der Waals surface area contributed by atoms with Crippen LogP contribution in [0.2, 0.25) is 0 Å². The van der Waals surface area contributed by atoms with Crippen LogP contribution in [0.5, 0.6) is 11.5 Å². The Bertz CT molecular complexity index is 1070. The number of hydrogen-bond acceptors (Lipinski definition) is 8. The van der Waals surface area contributed by atoms with E-state index in [9.17, 15) is 4.79 Å². The Morgan fingerprint density at radius 2 is 1.91 bits per heavy atom. The van der Waals surface area contributed by atoms with Crippen LogP contribution in [0.25, 0.3) is 0 Å². The molecule has 0 saturated carbocycles. The Balaban J connectivity index is 1.58. The zero-order chi connectivity index (χ0) is 23.1. The summed E-state index contributed by atoms with van der Waals surface area (Å²) in [5, 5.41) is 12.5. The van der Waals surface area contributed by atoms with Gasteiger partial charge in [0.1, 0.15) is 0 Å². The van der Waals surface area contributed by atoms with Crippen LogP contribution >= 0.6 is 23.1 Å². The number of aromatic nitrogens is 2. The lowest BCUT2D eigenvalue weighted by molar-refractivity contribution is -0.128. The summed E-state index contributed by atoms with van der Waals surface area (Å²) in [6, 6.07) is 11.8. The van der Waals surface area contributed by atoms with Crippen LogP contribution in [0.15, 0.2) is 40.7 Å². The van der Waals surface area contributed by atoms with Gasteiger partial charge in [0.2, 0.25) is 11.0 Å². The summed E-state index contributed by atoms with van der Waals surface area (Å²) in [5.41, 5.74) is 4.40. The fourth-order valence-corrected chi connectivity index (χ4v) is 4.78. The molecule has 170 valence electrons. The lowest BCUT2D eigenvalue weighted by Crippen LogP contribution is -2.31. The minimum Gasteiger partial charge on any atom is -0.493 e. The van der Waals surface area contributed by atoms with Gasteiger partial charge in [-0.3, -0.25) is 4.79 Å². The van der Waals surface area contributed by atoms with Crippen LogP contribution in [-0.4, -0.2) is 47.5 Å². The number of benzene rings is 2. The highest BCUT2D eigenvalue weighted by molar-refractivity contribution is 8.01. The third-order valence-electron chi connectivity index (χ3n) is 5.13. The predicted octanol–water partition coefficient (Wildman–Crippen LogP) is 5.06. The van der Waals surface area contributed by atoms with Crippen molar-refractivity contribution in [1.29, 1.82) is 0 Å². The molecule has 0 aliphatic heterocycles. The first kappa shape index (κ1) is 23.9. The SMILES string of the molecule is CCN(Cc1ccc(OC)c(OC)c1)C(=O)CSc1nnc(Nc2cccc(C)c2C)s1. The van der Waals surface area contributed by atoms with Crippen LogP contribution in [0.1, 0.15) is 23.6 Å². The quantitative estimate of drug-likeness (QED) is 0.414. The molecule has 1 aromatic heterocycles. The number of carbonyl (C=O) groups excluding carboxylic acids is 1. The molecule has 0 aliphatic carbocycles. The van der Waals surface area contributed by atoms with E-state index in [4.69, 9.17) is 9.47 Å². The molecule has 7 nitrogen and oxygen atoms in total. The molecule has 0 aliphatic rings. The Labute approximate surface area is 197 Å². The summed E-state index contributed by atoms with van der Waals surface area (Å²) in [4.78, 5) is 14.6. The number of hydrogen-bond donors (Lipinski definition) is 1. The van der Waals surface area contributed by atoms with E-state index in [-0.39, 0.29) is 5.91 Å². The molecular weight excluding hydrogens is 444 g/mol. The second-order valence-corrected chi connectivity index (χ2v) is 9.33. The van der Waals surface area contributed by atoms with Crippen molar-refractivity contribution < 1.29 is 14.3 Å². The number of nitrogens with zero attached hydrogens (tertiary/aromatic N) is 3. The van der Waals surface area contributed by atoms with Gasteiger partial charge in [0.25, 0.3) is 0 Å². The molecule has 0 unspecified atom stereocenters. The van der Waals surface area contributed by atoms with Crippen molar-refractivity contribution in [3.8, 4) is 11.5 Å². The van der Waals surface area contributed by atoms with Gasteiger partial charge >= 0.3 is 0 Å². The molecule has 0 radical (unpaired) electrons. The molecular formula is C23H28N4O3S2. The smallest absolute Gasteiger partial charge is 0.233 e. The molecule has 0 spiro atoms. The van der Waals surface area contributed by atoms with Crippen LogP contribution in [0.4, 0.5) is 10.8 Å². The van der Waals surface area contributed by atoms with Crippen LogP contribution in [-0.2, 0) is 11.3 Å². The number of rotatable bonds is 10. The highest BCUT2D eigenvalue weighted by Gasteiger charge is 2.16. The largest absolute Gasteiger partial charge is 0.493 e. The van der Waals surface area contributed by atoms with Crippen molar-refractivity contribution >= 4 is 39.8 Å². The van der Waals surface area contributed by atoms with Gasteiger partial charge in [-0.05, 0) is 55.7 Å². The Morgan fingerprint density at radius 1 is 1.12 bits per heavy atom. The molecule has 9 heteroatoms. The molecule has 3 aromatic rings. The Hall–Kier alpha value is -2.78. The third-order valence-corrected chi connectivity index (χ3v) is 7.08. The highest BCUT2D eigenvalue weighted by Crippen LogP contribution is 2.30. The van der Waals surface area contributed by atoms with Crippen molar-refractivity contribution in [2.75, 3.05) is 31.8 Å². The summed E-state index contributed by atoms with van der Waals surface area (Å²) >= 11 is 2.85. The van der Waals surface area contributed by atoms with E-state index in [0.717, 1.165) is 15.6 Å². The van der Waals surface area contributed by atoms with Crippen LogP contribution in [0, 0.1) is 13.8 Å². The molecule has 0 saturated heterocycles. The number of amides is 1. The summed E-state index contributed by atoms with van der Waals surface area (Å²) < 4.78 is 11.4. The zero-order valence-electron chi connectivity index (χ0n) is 19.0. The van der Waals surface area contributed by atoms with Gasteiger partial charge in [0, 0.05) is 18.8 Å². The summed E-state index contributed by atoms with van der Waals surface area (Å²) in [5.74, 6) is 1.68. The van der Waals surface area contributed by atoms with E-state index in [2.05, 4.69) is 35.4 Å². The van der Waals surface area contributed by atoms with Gasteiger partial charge in [-0.2, -0.15) is 0 Å². The number of nitrogens with one attached hydrogen (secondary N) is 1. The van der Waals surface area contributed by atoms with E-state index in [1.54, 1.807) is 14.2 Å². The first-order valence-electron chi connectivity index (χ1n) is 10.2. The van der Waals surface area contributed by atoms with Gasteiger partial charge < -0.3 is 19.7 Å².